The second kappa shape index (κ2) is 7.81. The quantitative estimate of drug-likeness (QED) is 0.660. The molecule has 0 unspecified atom stereocenters. The third-order valence-electron chi connectivity index (χ3n) is 2.28. The van der Waals surface area contributed by atoms with Gasteiger partial charge in [0.25, 0.3) is 0 Å². The first kappa shape index (κ1) is 19.5. The van der Waals surface area contributed by atoms with Crippen molar-refractivity contribution in [2.45, 2.75) is 52.7 Å². The van der Waals surface area contributed by atoms with Crippen molar-refractivity contribution in [3.63, 3.8) is 0 Å². The summed E-state index contributed by atoms with van der Waals surface area (Å²) in [5, 5.41) is 4.68. The fraction of sp³-hybridized carbons (Fsp3) is 0.471. The minimum atomic E-state index is -0.819. The van der Waals surface area contributed by atoms with E-state index in [1.165, 1.54) is 6.21 Å². The molecule has 0 saturated carbocycles. The number of nitrogens with one attached hydrogen (secondary N) is 1. The maximum atomic E-state index is 12.2. The van der Waals surface area contributed by atoms with Crippen LogP contribution in [0.4, 0.5) is 9.59 Å². The van der Waals surface area contributed by atoms with Crippen LogP contribution >= 0.6 is 0 Å². The lowest BCUT2D eigenvalue weighted by Gasteiger charge is -2.25. The lowest BCUT2D eigenvalue weighted by Crippen LogP contribution is -2.47. The first-order valence-electron chi connectivity index (χ1n) is 7.58. The van der Waals surface area contributed by atoms with Crippen LogP contribution in [0.3, 0.4) is 0 Å². The van der Waals surface area contributed by atoms with Crippen molar-refractivity contribution in [3.05, 3.63) is 35.9 Å². The molecule has 132 valence electrons. The van der Waals surface area contributed by atoms with E-state index < -0.39 is 23.4 Å². The smallest absolute Gasteiger partial charge is 0.443 e. The molecule has 0 aliphatic heterocycles. The van der Waals surface area contributed by atoms with Crippen molar-refractivity contribution in [1.29, 1.82) is 0 Å². The van der Waals surface area contributed by atoms with Gasteiger partial charge in [0, 0.05) is 0 Å². The minimum absolute atomic E-state index is 0.702. The number of nitrogens with zero attached hydrogens (tertiary/aromatic N) is 2. The summed E-state index contributed by atoms with van der Waals surface area (Å²) in [5.41, 5.74) is 1.60. The Morgan fingerprint density at radius 2 is 1.54 bits per heavy atom. The molecule has 2 amide bonds. The molecular weight excluding hydrogens is 310 g/mol. The Balaban J connectivity index is 2.88. The third-order valence-corrected chi connectivity index (χ3v) is 2.28. The number of rotatable bonds is 2. The second-order valence-corrected chi connectivity index (χ2v) is 7.06. The van der Waals surface area contributed by atoms with Gasteiger partial charge in [0.05, 0.1) is 6.21 Å². The van der Waals surface area contributed by atoms with Gasteiger partial charge in [-0.3, -0.25) is 0 Å². The van der Waals surface area contributed by atoms with Gasteiger partial charge < -0.3 is 9.47 Å². The first-order chi connectivity index (χ1) is 11.0. The molecule has 7 heteroatoms. The lowest BCUT2D eigenvalue weighted by molar-refractivity contribution is 0.00211. The van der Waals surface area contributed by atoms with E-state index in [4.69, 9.17) is 9.47 Å². The number of hydrogen-bond acceptors (Lipinski definition) is 5. The summed E-state index contributed by atoms with van der Waals surface area (Å²) in [6, 6.07) is 9.15. The molecule has 24 heavy (non-hydrogen) atoms. The number of ether oxygens (including phenoxy) is 2. The van der Waals surface area contributed by atoms with Crippen molar-refractivity contribution < 1.29 is 19.1 Å². The van der Waals surface area contributed by atoms with Crippen molar-refractivity contribution in [2.75, 3.05) is 0 Å². The van der Waals surface area contributed by atoms with Gasteiger partial charge in [0.1, 0.15) is 11.2 Å². The zero-order chi connectivity index (χ0) is 18.4. The van der Waals surface area contributed by atoms with Crippen LogP contribution in [0, 0.1) is 0 Å². The van der Waals surface area contributed by atoms with Crippen molar-refractivity contribution in [2.24, 2.45) is 5.10 Å². The largest absolute Gasteiger partial charge is 0.451 e. The minimum Gasteiger partial charge on any atom is -0.443 e. The summed E-state index contributed by atoms with van der Waals surface area (Å²) < 4.78 is 10.3. The molecule has 7 nitrogen and oxygen atoms in total. The fourth-order valence-corrected chi connectivity index (χ4v) is 1.48. The predicted molar refractivity (Wildman–Crippen MR) is 91.5 cm³/mol. The Kier molecular flexibility index (Phi) is 6.34. The summed E-state index contributed by atoms with van der Waals surface area (Å²) in [5.74, 6) is 0. The van der Waals surface area contributed by atoms with Crippen LogP contribution in [0.5, 0.6) is 0 Å². The van der Waals surface area contributed by atoms with Crippen LogP contribution < -0.4 is 5.43 Å². The van der Waals surface area contributed by atoms with Crippen LogP contribution in [0.25, 0.3) is 0 Å². The van der Waals surface area contributed by atoms with E-state index in [-0.39, 0.29) is 0 Å². The molecule has 0 radical (unpaired) electrons. The number of hydrogen-bond donors (Lipinski definition) is 1. The van der Waals surface area contributed by atoms with Gasteiger partial charge in [-0.1, -0.05) is 35.4 Å². The summed E-state index contributed by atoms with van der Waals surface area (Å²) in [6.07, 6.45) is -0.194. The van der Waals surface area contributed by atoms with Gasteiger partial charge in [0.2, 0.25) is 0 Å². The van der Waals surface area contributed by atoms with Crippen molar-refractivity contribution in [1.82, 2.24) is 10.5 Å². The SMILES string of the molecule is CC(C)(C)OC(=O)NN(/N=C/c1ccccc1)C(=O)OC(C)(C)C. The molecule has 0 heterocycles. The molecule has 0 aliphatic carbocycles. The Morgan fingerprint density at radius 1 is 1.00 bits per heavy atom. The molecule has 1 aromatic carbocycles. The highest BCUT2D eigenvalue weighted by atomic mass is 16.6. The monoisotopic (exact) mass is 335 g/mol. The summed E-state index contributed by atoms with van der Waals surface area (Å²) in [4.78, 5) is 24.1. The standard InChI is InChI=1S/C17H25N3O4/c1-16(2,3)23-14(21)19-20(15(22)24-17(4,5)6)18-12-13-10-8-7-9-11-13/h7-12H,1-6H3,(H,19,21)/b18-12+. The second-order valence-electron chi connectivity index (χ2n) is 7.06. The van der Waals surface area contributed by atoms with Crippen LogP contribution in [0.1, 0.15) is 47.1 Å². The Morgan fingerprint density at radius 3 is 2.04 bits per heavy atom. The average molecular weight is 335 g/mol. The predicted octanol–water partition coefficient (Wildman–Crippen LogP) is 3.70. The highest BCUT2D eigenvalue weighted by Crippen LogP contribution is 2.11. The third kappa shape index (κ3) is 8.17. The zero-order valence-electron chi connectivity index (χ0n) is 15.0. The Bertz CT molecular complexity index is 586. The highest BCUT2D eigenvalue weighted by molar-refractivity contribution is 5.81. The van der Waals surface area contributed by atoms with E-state index in [1.54, 1.807) is 41.5 Å². The molecule has 0 aliphatic rings. The first-order valence-corrected chi connectivity index (χ1v) is 7.58. The van der Waals surface area contributed by atoms with E-state index in [1.807, 2.05) is 30.3 Å². The molecular formula is C17H25N3O4. The maximum absolute atomic E-state index is 12.2. The topological polar surface area (TPSA) is 80.2 Å². The molecule has 1 N–H and O–H groups in total. The van der Waals surface area contributed by atoms with Crippen molar-refractivity contribution in [3.8, 4) is 0 Å². The van der Waals surface area contributed by atoms with Gasteiger partial charge in [0.15, 0.2) is 0 Å². The Hall–Kier alpha value is -2.57. The van der Waals surface area contributed by atoms with E-state index in [9.17, 15) is 9.59 Å². The molecule has 0 spiro atoms. The molecule has 1 aromatic rings. The van der Waals surface area contributed by atoms with Crippen LogP contribution in [0.2, 0.25) is 0 Å². The Labute approximate surface area is 142 Å². The number of hydrazine groups is 1. The van der Waals surface area contributed by atoms with Crippen LogP contribution in [-0.4, -0.2) is 34.7 Å². The zero-order valence-corrected chi connectivity index (χ0v) is 15.0. The fourth-order valence-electron chi connectivity index (χ4n) is 1.48. The number of amides is 2. The molecule has 0 aromatic heterocycles. The van der Waals surface area contributed by atoms with E-state index in [2.05, 4.69) is 10.5 Å². The number of carbonyl (C=O) groups is 2. The summed E-state index contributed by atoms with van der Waals surface area (Å²) in [7, 11) is 0. The molecule has 0 saturated heterocycles. The van der Waals surface area contributed by atoms with Gasteiger partial charge in [-0.15, -0.1) is 0 Å². The van der Waals surface area contributed by atoms with E-state index in [0.29, 0.717) is 5.12 Å². The molecule has 0 atom stereocenters. The maximum Gasteiger partial charge on any atom is 0.451 e. The number of benzene rings is 1. The van der Waals surface area contributed by atoms with E-state index >= 15 is 0 Å². The van der Waals surface area contributed by atoms with E-state index in [0.717, 1.165) is 5.56 Å². The summed E-state index contributed by atoms with van der Waals surface area (Å²) in [6.45, 7) is 10.3. The molecule has 0 bridgehead atoms. The van der Waals surface area contributed by atoms with Gasteiger partial charge in [-0.25, -0.2) is 15.0 Å². The van der Waals surface area contributed by atoms with Gasteiger partial charge >= 0.3 is 12.2 Å². The van der Waals surface area contributed by atoms with Gasteiger partial charge in [-0.2, -0.15) is 5.10 Å². The van der Waals surface area contributed by atoms with Crippen molar-refractivity contribution >= 4 is 18.4 Å². The molecule has 1 rings (SSSR count). The summed E-state index contributed by atoms with van der Waals surface area (Å²) >= 11 is 0. The lowest BCUT2D eigenvalue weighted by atomic mass is 10.2. The van der Waals surface area contributed by atoms with Crippen LogP contribution in [0.15, 0.2) is 35.4 Å². The average Bonchev–Trinajstić information content (AvgIpc) is 2.40. The normalized spacial score (nSPS) is 11.9. The molecule has 0 fully saturated rings. The van der Waals surface area contributed by atoms with Crippen LogP contribution in [-0.2, 0) is 9.47 Å². The number of carbonyl (C=O) groups excluding carboxylic acids is 2. The highest BCUT2D eigenvalue weighted by Gasteiger charge is 2.25. The van der Waals surface area contributed by atoms with Gasteiger partial charge in [-0.05, 0) is 47.1 Å². The number of hydrazone groups is 1.